The number of aromatic nitrogens is 1. The molecule has 0 radical (unpaired) electrons. The number of benzene rings is 1. The molecular formula is C19H18FN3O2S. The van der Waals surface area contributed by atoms with Gasteiger partial charge >= 0.3 is 0 Å². The largest absolute Gasteiger partial charge is 0.451 e. The topological polar surface area (TPSA) is 58.4 Å². The van der Waals surface area contributed by atoms with E-state index < -0.39 is 0 Å². The number of fused-ring (bicyclic) bond motifs is 1. The zero-order valence-electron chi connectivity index (χ0n) is 14.3. The summed E-state index contributed by atoms with van der Waals surface area (Å²) in [5.74, 6) is -0.315. The van der Waals surface area contributed by atoms with Crippen LogP contribution in [0.3, 0.4) is 0 Å². The van der Waals surface area contributed by atoms with E-state index >= 15 is 0 Å². The van der Waals surface area contributed by atoms with Gasteiger partial charge in [-0.25, -0.2) is 9.37 Å². The fourth-order valence-corrected chi connectivity index (χ4v) is 4.04. The monoisotopic (exact) mass is 371 g/mol. The lowest BCUT2D eigenvalue weighted by Crippen LogP contribution is -2.29. The predicted octanol–water partition coefficient (Wildman–Crippen LogP) is 4.17. The number of furan rings is 1. The lowest BCUT2D eigenvalue weighted by atomic mass is 10.1. The van der Waals surface area contributed by atoms with Crippen LogP contribution in [-0.4, -0.2) is 28.9 Å². The number of likely N-dealkylation sites (N-methyl/N-ethyl adjacent to an activating group) is 1. The van der Waals surface area contributed by atoms with Crippen LogP contribution in [0.5, 0.6) is 0 Å². The van der Waals surface area contributed by atoms with Gasteiger partial charge in [-0.15, -0.1) is 11.3 Å². The van der Waals surface area contributed by atoms with E-state index in [1.807, 2.05) is 0 Å². The van der Waals surface area contributed by atoms with Crippen molar-refractivity contribution < 1.29 is 13.6 Å². The van der Waals surface area contributed by atoms with Gasteiger partial charge in [-0.05, 0) is 30.8 Å². The summed E-state index contributed by atoms with van der Waals surface area (Å²) < 4.78 is 19.4. The maximum atomic E-state index is 13.9. The molecule has 7 heteroatoms. The molecule has 2 aromatic heterocycles. The Hall–Kier alpha value is -2.51. The van der Waals surface area contributed by atoms with Crippen molar-refractivity contribution in [3.05, 3.63) is 58.5 Å². The quantitative estimate of drug-likeness (QED) is 0.748. The van der Waals surface area contributed by atoms with Crippen molar-refractivity contribution in [1.82, 2.24) is 9.88 Å². The molecule has 0 aliphatic carbocycles. The van der Waals surface area contributed by atoms with E-state index in [-0.39, 0.29) is 17.5 Å². The molecule has 1 amide bonds. The molecule has 0 saturated carbocycles. The number of nitrogens with one attached hydrogen (secondary N) is 1. The maximum absolute atomic E-state index is 13.9. The van der Waals surface area contributed by atoms with Gasteiger partial charge in [0.1, 0.15) is 11.6 Å². The molecule has 5 nitrogen and oxygen atoms in total. The van der Waals surface area contributed by atoms with Gasteiger partial charge in [-0.3, -0.25) is 15.0 Å². The highest BCUT2D eigenvalue weighted by atomic mass is 32.1. The normalized spacial score (nSPS) is 14.2. The molecule has 26 heavy (non-hydrogen) atoms. The van der Waals surface area contributed by atoms with Crippen molar-refractivity contribution in [2.45, 2.75) is 19.9 Å². The van der Waals surface area contributed by atoms with E-state index in [4.69, 9.17) is 4.42 Å². The summed E-state index contributed by atoms with van der Waals surface area (Å²) in [7, 11) is 0. The molecule has 1 aliphatic heterocycles. The van der Waals surface area contributed by atoms with Crippen LogP contribution in [0, 0.1) is 5.82 Å². The van der Waals surface area contributed by atoms with Crippen LogP contribution in [0.15, 0.2) is 40.8 Å². The molecule has 0 unspecified atom stereocenters. The first-order valence-electron chi connectivity index (χ1n) is 8.51. The van der Waals surface area contributed by atoms with E-state index in [0.717, 1.165) is 31.7 Å². The van der Waals surface area contributed by atoms with Gasteiger partial charge in [0.2, 0.25) is 0 Å². The minimum Gasteiger partial charge on any atom is -0.451 e. The number of amides is 1. The Morgan fingerprint density at radius 3 is 3.00 bits per heavy atom. The SMILES string of the molecule is CCN1CCc2nc(NC(=O)c3ccc(-c4ccccc4F)o3)sc2C1. The third-order valence-corrected chi connectivity index (χ3v) is 5.44. The fraction of sp³-hybridized carbons (Fsp3) is 0.263. The summed E-state index contributed by atoms with van der Waals surface area (Å²) in [6, 6.07) is 9.45. The van der Waals surface area contributed by atoms with Gasteiger partial charge in [-0.1, -0.05) is 19.1 Å². The molecule has 1 aromatic carbocycles. The van der Waals surface area contributed by atoms with Crippen LogP contribution in [0.4, 0.5) is 9.52 Å². The molecule has 0 saturated heterocycles. The van der Waals surface area contributed by atoms with Crippen LogP contribution >= 0.6 is 11.3 Å². The number of halogens is 1. The minimum absolute atomic E-state index is 0.131. The highest BCUT2D eigenvalue weighted by molar-refractivity contribution is 7.15. The summed E-state index contributed by atoms with van der Waals surface area (Å²) in [6.07, 6.45) is 0.897. The Bertz CT molecular complexity index is 950. The smallest absolute Gasteiger partial charge is 0.293 e. The highest BCUT2D eigenvalue weighted by Gasteiger charge is 2.21. The van der Waals surface area contributed by atoms with Crippen LogP contribution in [0.25, 0.3) is 11.3 Å². The molecular weight excluding hydrogens is 353 g/mol. The fourth-order valence-electron chi connectivity index (χ4n) is 3.00. The van der Waals surface area contributed by atoms with Crippen LogP contribution in [0.1, 0.15) is 28.0 Å². The lowest BCUT2D eigenvalue weighted by Gasteiger charge is -2.23. The van der Waals surface area contributed by atoms with Gasteiger partial charge in [0.05, 0.1) is 11.3 Å². The Kier molecular flexibility index (Phi) is 4.57. The summed E-state index contributed by atoms with van der Waals surface area (Å²) in [5, 5.41) is 3.36. The number of carbonyl (C=O) groups is 1. The zero-order valence-corrected chi connectivity index (χ0v) is 15.1. The number of nitrogens with zero attached hydrogens (tertiary/aromatic N) is 2. The Balaban J connectivity index is 1.50. The van der Waals surface area contributed by atoms with Crippen molar-refractivity contribution in [2.24, 2.45) is 0 Å². The average Bonchev–Trinajstić information content (AvgIpc) is 3.28. The molecule has 0 spiro atoms. The summed E-state index contributed by atoms with van der Waals surface area (Å²) in [4.78, 5) is 20.5. The van der Waals surface area contributed by atoms with Gasteiger partial charge in [0.25, 0.3) is 5.91 Å². The second-order valence-corrected chi connectivity index (χ2v) is 7.19. The lowest BCUT2D eigenvalue weighted by molar-refractivity contribution is 0.0997. The van der Waals surface area contributed by atoms with E-state index in [0.29, 0.717) is 16.5 Å². The third-order valence-electron chi connectivity index (χ3n) is 4.45. The minimum atomic E-state index is -0.387. The van der Waals surface area contributed by atoms with E-state index in [2.05, 4.69) is 22.1 Å². The van der Waals surface area contributed by atoms with E-state index in [1.165, 1.54) is 22.3 Å². The predicted molar refractivity (Wildman–Crippen MR) is 98.8 cm³/mol. The average molecular weight is 371 g/mol. The van der Waals surface area contributed by atoms with Gasteiger partial charge in [-0.2, -0.15) is 0 Å². The number of hydrogen-bond donors (Lipinski definition) is 1. The summed E-state index contributed by atoms with van der Waals surface area (Å²) >= 11 is 1.50. The summed E-state index contributed by atoms with van der Waals surface area (Å²) in [5.41, 5.74) is 1.39. The second kappa shape index (κ2) is 7.01. The van der Waals surface area contributed by atoms with Gasteiger partial charge in [0.15, 0.2) is 10.9 Å². The first kappa shape index (κ1) is 16.9. The standard InChI is InChI=1S/C19H18FN3O2S/c1-2-23-10-9-14-17(11-23)26-19(21-14)22-18(24)16-8-7-15(25-16)12-5-3-4-6-13(12)20/h3-8H,2,9-11H2,1H3,(H,21,22,24). The molecule has 1 aliphatic rings. The molecule has 0 bridgehead atoms. The molecule has 0 atom stereocenters. The molecule has 134 valence electrons. The Morgan fingerprint density at radius 1 is 1.35 bits per heavy atom. The van der Waals surface area contributed by atoms with Crippen molar-refractivity contribution >= 4 is 22.4 Å². The molecule has 0 fully saturated rings. The highest BCUT2D eigenvalue weighted by Crippen LogP contribution is 2.29. The van der Waals surface area contributed by atoms with E-state index in [1.54, 1.807) is 30.3 Å². The van der Waals surface area contributed by atoms with Crippen molar-refractivity contribution in [3.63, 3.8) is 0 Å². The van der Waals surface area contributed by atoms with Crippen molar-refractivity contribution in [2.75, 3.05) is 18.4 Å². The second-order valence-electron chi connectivity index (χ2n) is 6.11. The number of rotatable bonds is 4. The molecule has 4 rings (SSSR count). The zero-order chi connectivity index (χ0) is 18.1. The number of hydrogen-bond acceptors (Lipinski definition) is 5. The Morgan fingerprint density at radius 2 is 2.19 bits per heavy atom. The molecule has 1 N–H and O–H groups in total. The number of thiazole rings is 1. The number of anilines is 1. The third kappa shape index (κ3) is 3.27. The van der Waals surface area contributed by atoms with E-state index in [9.17, 15) is 9.18 Å². The first-order valence-corrected chi connectivity index (χ1v) is 9.32. The van der Waals surface area contributed by atoms with Crippen LogP contribution in [0.2, 0.25) is 0 Å². The van der Waals surface area contributed by atoms with Gasteiger partial charge < -0.3 is 4.42 Å². The molecule has 3 heterocycles. The van der Waals surface area contributed by atoms with Crippen molar-refractivity contribution in [3.8, 4) is 11.3 Å². The first-order chi connectivity index (χ1) is 12.6. The van der Waals surface area contributed by atoms with Crippen LogP contribution in [-0.2, 0) is 13.0 Å². The maximum Gasteiger partial charge on any atom is 0.293 e. The number of carbonyl (C=O) groups excluding carboxylic acids is 1. The summed E-state index contributed by atoms with van der Waals surface area (Å²) in [6.45, 7) is 5.01. The Labute approximate surface area is 154 Å². The van der Waals surface area contributed by atoms with Crippen molar-refractivity contribution in [1.29, 1.82) is 0 Å². The van der Waals surface area contributed by atoms with Gasteiger partial charge in [0, 0.05) is 24.4 Å². The molecule has 3 aromatic rings. The van der Waals surface area contributed by atoms with Crippen LogP contribution < -0.4 is 5.32 Å².